The van der Waals surface area contributed by atoms with Crippen LogP contribution in [0, 0.1) is 11.8 Å². The van der Waals surface area contributed by atoms with Gasteiger partial charge in [-0.1, -0.05) is 31.5 Å². The fourth-order valence-electron chi connectivity index (χ4n) is 7.10. The number of amides is 1. The minimum atomic E-state index is 0.0866. The van der Waals surface area contributed by atoms with Crippen molar-refractivity contribution in [2.45, 2.75) is 51.5 Å². The van der Waals surface area contributed by atoms with Gasteiger partial charge in [0.15, 0.2) is 5.82 Å². The molecule has 0 spiro atoms. The van der Waals surface area contributed by atoms with Crippen LogP contribution in [-0.4, -0.2) is 70.2 Å². The third-order valence-electron chi connectivity index (χ3n) is 9.61. The lowest BCUT2D eigenvalue weighted by molar-refractivity contribution is 0.0671. The number of para-hydroxylation sites is 1. The van der Waals surface area contributed by atoms with Gasteiger partial charge in [-0.2, -0.15) is 0 Å². The largest absolute Gasteiger partial charge is 0.494 e. The van der Waals surface area contributed by atoms with Gasteiger partial charge in [0.1, 0.15) is 11.3 Å². The van der Waals surface area contributed by atoms with Gasteiger partial charge >= 0.3 is 0 Å². The zero-order valence-electron chi connectivity index (χ0n) is 24.3. The van der Waals surface area contributed by atoms with E-state index in [9.17, 15) is 4.79 Å². The van der Waals surface area contributed by atoms with Crippen LogP contribution in [0.5, 0.6) is 5.75 Å². The molecule has 0 N–H and O–H groups in total. The molecule has 1 amide bonds. The molecule has 3 fully saturated rings. The number of piperidine rings is 1. The van der Waals surface area contributed by atoms with Gasteiger partial charge in [-0.15, -0.1) is 0 Å². The van der Waals surface area contributed by atoms with Gasteiger partial charge < -0.3 is 23.7 Å². The molecule has 0 radical (unpaired) electrons. The Morgan fingerprint density at radius 3 is 2.58 bits per heavy atom. The minimum absolute atomic E-state index is 0.0866. The lowest BCUT2D eigenvalue weighted by Gasteiger charge is -2.37. The second kappa shape index (κ2) is 9.95. The Labute approximate surface area is 236 Å². The van der Waals surface area contributed by atoms with Crippen LogP contribution in [-0.2, 0) is 13.6 Å². The summed E-state index contributed by atoms with van der Waals surface area (Å²) in [5.41, 5.74) is 6.39. The quantitative estimate of drug-likeness (QED) is 0.293. The summed E-state index contributed by atoms with van der Waals surface area (Å²) in [6, 6.07) is 13.0. The number of aryl methyl sites for hydroxylation is 1. The number of ether oxygens (including phenoxy) is 1. The van der Waals surface area contributed by atoms with Gasteiger partial charge in [0.05, 0.1) is 23.8 Å². The highest BCUT2D eigenvalue weighted by atomic mass is 16.5. The Hall–Kier alpha value is -3.32. The molecule has 1 aliphatic carbocycles. The van der Waals surface area contributed by atoms with Gasteiger partial charge in [-0.25, -0.2) is 4.98 Å². The first-order chi connectivity index (χ1) is 19.4. The number of carbonyl (C=O) groups is 1. The van der Waals surface area contributed by atoms with Crippen molar-refractivity contribution in [2.75, 3.05) is 40.3 Å². The Morgan fingerprint density at radius 2 is 1.85 bits per heavy atom. The predicted octanol–water partition coefficient (Wildman–Crippen LogP) is 5.90. The van der Waals surface area contributed by atoms with Gasteiger partial charge in [0.2, 0.25) is 0 Å². The van der Waals surface area contributed by atoms with Crippen LogP contribution in [0.15, 0.2) is 36.4 Å². The first-order valence-electron chi connectivity index (χ1n) is 15.1. The highest BCUT2D eigenvalue weighted by molar-refractivity contribution is 6.00. The first-order valence-corrected chi connectivity index (χ1v) is 15.1. The number of rotatable bonds is 7. The molecule has 210 valence electrons. The highest BCUT2D eigenvalue weighted by Gasteiger charge is 2.31. The topological polar surface area (TPSA) is 55.5 Å². The second-order valence-corrected chi connectivity index (χ2v) is 12.5. The molecule has 2 aromatic heterocycles. The molecule has 0 unspecified atom stereocenters. The summed E-state index contributed by atoms with van der Waals surface area (Å²) in [6.45, 7) is 7.13. The summed E-state index contributed by atoms with van der Waals surface area (Å²) >= 11 is 0. The van der Waals surface area contributed by atoms with E-state index in [2.05, 4.69) is 59.3 Å². The average Bonchev–Trinajstić information content (AvgIpc) is 3.62. The number of imidazole rings is 1. The van der Waals surface area contributed by atoms with Crippen LogP contribution >= 0.6 is 0 Å². The van der Waals surface area contributed by atoms with Gasteiger partial charge in [0, 0.05) is 56.6 Å². The van der Waals surface area contributed by atoms with Crippen LogP contribution in [0.4, 0.5) is 0 Å². The van der Waals surface area contributed by atoms with Crippen molar-refractivity contribution in [3.63, 3.8) is 0 Å². The van der Waals surface area contributed by atoms with Crippen molar-refractivity contribution in [3.8, 4) is 17.3 Å². The number of hydrogen-bond donors (Lipinski definition) is 0. The molecule has 0 bridgehead atoms. The second-order valence-electron chi connectivity index (χ2n) is 12.5. The molecular formula is C33H41N5O2. The van der Waals surface area contributed by atoms with Crippen molar-refractivity contribution in [1.82, 2.24) is 23.9 Å². The third kappa shape index (κ3) is 4.30. The summed E-state index contributed by atoms with van der Waals surface area (Å²) in [4.78, 5) is 23.2. The maximum Gasteiger partial charge on any atom is 0.254 e. The SMILES string of the molecule is CC[C@@H]1CCCN(C(=O)c2cc(OC)c3c(c2)nc(-c2cc4cccc(C5CN(C)C5)c4n2CC2CC2)n3C)C1. The molecule has 4 aromatic rings. The summed E-state index contributed by atoms with van der Waals surface area (Å²) in [5.74, 6) is 3.61. The van der Waals surface area contributed by atoms with E-state index in [1.165, 1.54) is 35.7 Å². The van der Waals surface area contributed by atoms with Crippen molar-refractivity contribution in [3.05, 3.63) is 47.5 Å². The Morgan fingerprint density at radius 1 is 1.02 bits per heavy atom. The number of fused-ring (bicyclic) bond motifs is 2. The average molecular weight is 540 g/mol. The highest BCUT2D eigenvalue weighted by Crippen LogP contribution is 2.41. The lowest BCUT2D eigenvalue weighted by atomic mass is 9.90. The number of benzene rings is 2. The Bertz CT molecular complexity index is 1590. The number of nitrogens with zero attached hydrogens (tertiary/aromatic N) is 5. The standard InChI is InChI=1S/C33H41N5O2/c1-5-21-8-7-13-37(17-21)33(39)24-14-27-31(29(16-24)40-4)36(3)32(34-27)28-15-23-9-6-10-26(25-19-35(2)20-25)30(23)38(28)18-22-11-12-22/h6,9-10,14-16,21-22,25H,5,7-8,11-13,17-20H2,1-4H3/t21-/m1/s1. The van der Waals surface area contributed by atoms with Crippen molar-refractivity contribution < 1.29 is 9.53 Å². The minimum Gasteiger partial charge on any atom is -0.494 e. The zero-order chi connectivity index (χ0) is 27.5. The molecule has 2 aromatic carbocycles. The summed E-state index contributed by atoms with van der Waals surface area (Å²) in [5, 5.41) is 1.29. The van der Waals surface area contributed by atoms with E-state index >= 15 is 0 Å². The lowest BCUT2D eigenvalue weighted by Crippen LogP contribution is -2.41. The van der Waals surface area contributed by atoms with Crippen LogP contribution in [0.25, 0.3) is 33.5 Å². The third-order valence-corrected chi connectivity index (χ3v) is 9.61. The van der Waals surface area contributed by atoms with E-state index in [-0.39, 0.29) is 5.91 Å². The molecule has 3 aliphatic rings. The summed E-state index contributed by atoms with van der Waals surface area (Å²) < 4.78 is 10.6. The monoisotopic (exact) mass is 539 g/mol. The molecule has 2 saturated heterocycles. The predicted molar refractivity (Wildman–Crippen MR) is 160 cm³/mol. The van der Waals surface area contributed by atoms with Crippen LogP contribution in [0.1, 0.15) is 60.9 Å². The fourth-order valence-corrected chi connectivity index (χ4v) is 7.10. The maximum absolute atomic E-state index is 13.6. The summed E-state index contributed by atoms with van der Waals surface area (Å²) in [6.07, 6.45) is 5.99. The molecule has 7 nitrogen and oxygen atoms in total. The van der Waals surface area contributed by atoms with Crippen LogP contribution in [0.2, 0.25) is 0 Å². The fraction of sp³-hybridized carbons (Fsp3) is 0.515. The Kier molecular flexibility index (Phi) is 6.38. The molecule has 40 heavy (non-hydrogen) atoms. The summed E-state index contributed by atoms with van der Waals surface area (Å²) in [7, 11) is 5.96. The number of carbonyl (C=O) groups excluding carboxylic acids is 1. The molecule has 4 heterocycles. The molecular weight excluding hydrogens is 498 g/mol. The van der Waals surface area contributed by atoms with E-state index in [0.717, 1.165) is 74.0 Å². The van der Waals surface area contributed by atoms with Crippen molar-refractivity contribution in [2.24, 2.45) is 18.9 Å². The number of methoxy groups -OCH3 is 1. The van der Waals surface area contributed by atoms with Gasteiger partial charge in [-0.3, -0.25) is 4.79 Å². The number of hydrogen-bond acceptors (Lipinski definition) is 4. The molecule has 1 atom stereocenters. The van der Waals surface area contributed by atoms with E-state index in [0.29, 0.717) is 23.1 Å². The number of aromatic nitrogens is 3. The van der Waals surface area contributed by atoms with E-state index in [4.69, 9.17) is 9.72 Å². The van der Waals surface area contributed by atoms with Gasteiger partial charge in [-0.05, 0) is 68.3 Å². The van der Waals surface area contributed by atoms with E-state index in [1.54, 1.807) is 7.11 Å². The van der Waals surface area contributed by atoms with E-state index < -0.39 is 0 Å². The molecule has 7 heteroatoms. The number of likely N-dealkylation sites (tertiary alicyclic amines) is 2. The maximum atomic E-state index is 13.6. The molecule has 7 rings (SSSR count). The molecule has 2 aliphatic heterocycles. The van der Waals surface area contributed by atoms with E-state index in [1.807, 2.05) is 17.0 Å². The molecule has 1 saturated carbocycles. The number of likely N-dealkylation sites (N-methyl/N-ethyl adjacent to an activating group) is 1. The Balaban J connectivity index is 1.34. The first kappa shape index (κ1) is 25.6. The normalized spacial score (nSPS) is 20.4. The van der Waals surface area contributed by atoms with Crippen LogP contribution in [0.3, 0.4) is 0 Å². The zero-order valence-corrected chi connectivity index (χ0v) is 24.3. The van der Waals surface area contributed by atoms with Crippen molar-refractivity contribution >= 4 is 27.8 Å². The smallest absolute Gasteiger partial charge is 0.254 e. The van der Waals surface area contributed by atoms with Crippen LogP contribution < -0.4 is 4.74 Å². The van der Waals surface area contributed by atoms with Gasteiger partial charge in [0.25, 0.3) is 5.91 Å². The van der Waals surface area contributed by atoms with Crippen molar-refractivity contribution in [1.29, 1.82) is 0 Å².